The molecule has 0 fully saturated rings. The van der Waals surface area contributed by atoms with Crippen molar-refractivity contribution in [3.05, 3.63) is 28.0 Å². The fourth-order valence-corrected chi connectivity index (χ4v) is 3.53. The topological polar surface area (TPSA) is 165 Å². The smallest absolute Gasteiger partial charge is 0.416 e. The Morgan fingerprint density at radius 1 is 1.11 bits per heavy atom. The van der Waals surface area contributed by atoms with Crippen molar-refractivity contribution in [2.75, 3.05) is 24.4 Å². The van der Waals surface area contributed by atoms with Crippen LogP contribution >= 0.6 is 22.9 Å². The van der Waals surface area contributed by atoms with Crippen molar-refractivity contribution < 1.29 is 43.6 Å². The molecule has 1 aromatic carbocycles. The molecule has 1 heterocycles. The SMILES string of the molecule is COc1cc(OC)c(NC(=O)CCCC(=O)O)cc1Cl.C[C@@H](C(=O)O)N(C(=O)OC(C)(C)C)c1cscn1. The standard InChI is InChI=1S/C13H16ClNO5.C11H16N2O4S/c1-19-10-7-11(20-2)9(6-8(10)14)15-12(16)4-3-5-13(17)18;1-7(9(14)15)13(8-5-18-6-12-8)10(16)17-11(2,3)4/h6-7H,3-5H2,1-2H3,(H,15,16)(H,17,18);5-7H,1-4H3,(H,14,15)/t;7-/m.0/s1. The molecule has 0 saturated carbocycles. The van der Waals surface area contributed by atoms with Crippen molar-refractivity contribution >= 4 is 58.4 Å². The number of rotatable bonds is 10. The second-order valence-corrected chi connectivity index (χ2v) is 9.82. The molecule has 0 radical (unpaired) electrons. The van der Waals surface area contributed by atoms with E-state index in [4.69, 9.17) is 36.0 Å². The number of methoxy groups -OCH3 is 2. The zero-order chi connectivity index (χ0) is 29.0. The van der Waals surface area contributed by atoms with E-state index in [9.17, 15) is 19.2 Å². The summed E-state index contributed by atoms with van der Waals surface area (Å²) in [6.45, 7) is 6.56. The maximum atomic E-state index is 12.0. The number of carbonyl (C=O) groups is 4. The van der Waals surface area contributed by atoms with E-state index in [1.165, 1.54) is 44.1 Å². The average molecular weight is 574 g/mol. The zero-order valence-electron chi connectivity index (χ0n) is 21.9. The lowest BCUT2D eigenvalue weighted by molar-refractivity contribution is -0.138. The number of amides is 2. The number of ether oxygens (including phenoxy) is 3. The van der Waals surface area contributed by atoms with Crippen LogP contribution in [0.15, 0.2) is 23.0 Å². The molecule has 2 rings (SSSR count). The zero-order valence-corrected chi connectivity index (χ0v) is 23.5. The lowest BCUT2D eigenvalue weighted by atomic mass is 10.2. The van der Waals surface area contributed by atoms with Gasteiger partial charge in [0.1, 0.15) is 29.0 Å². The Balaban J connectivity index is 0.000000382. The highest BCUT2D eigenvalue weighted by Gasteiger charge is 2.32. The lowest BCUT2D eigenvalue weighted by Gasteiger charge is -2.28. The monoisotopic (exact) mass is 573 g/mol. The van der Waals surface area contributed by atoms with Crippen LogP contribution in [0.1, 0.15) is 47.0 Å². The molecular formula is C24H32ClN3O9S. The molecule has 0 bridgehead atoms. The van der Waals surface area contributed by atoms with Gasteiger partial charge in [-0.3, -0.25) is 9.59 Å². The fraction of sp³-hybridized carbons (Fsp3) is 0.458. The molecule has 0 spiro atoms. The number of thiazole rings is 1. The normalized spacial score (nSPS) is 11.3. The Hall–Kier alpha value is -3.58. The van der Waals surface area contributed by atoms with Crippen LogP contribution in [0.5, 0.6) is 11.5 Å². The number of hydrogen-bond donors (Lipinski definition) is 3. The Bertz CT molecular complexity index is 1100. The molecule has 1 aromatic heterocycles. The van der Waals surface area contributed by atoms with E-state index in [0.717, 1.165) is 4.90 Å². The summed E-state index contributed by atoms with van der Waals surface area (Å²) in [6, 6.07) is 2.05. The Morgan fingerprint density at radius 3 is 2.21 bits per heavy atom. The van der Waals surface area contributed by atoms with Crippen molar-refractivity contribution in [2.45, 2.75) is 58.6 Å². The summed E-state index contributed by atoms with van der Waals surface area (Å²) in [6.07, 6.45) is -0.385. The van der Waals surface area contributed by atoms with Crippen LogP contribution < -0.4 is 19.7 Å². The molecule has 12 nitrogen and oxygen atoms in total. The number of carboxylic acids is 2. The molecular weight excluding hydrogens is 542 g/mol. The highest BCUT2D eigenvalue weighted by Crippen LogP contribution is 2.36. The Labute approximate surface area is 229 Å². The first-order valence-electron chi connectivity index (χ1n) is 11.3. The number of aromatic nitrogens is 1. The minimum absolute atomic E-state index is 0.0477. The lowest BCUT2D eigenvalue weighted by Crippen LogP contribution is -2.46. The first kappa shape index (κ1) is 32.4. The van der Waals surface area contributed by atoms with Gasteiger partial charge in [0.2, 0.25) is 5.91 Å². The van der Waals surface area contributed by atoms with Gasteiger partial charge in [0.15, 0.2) is 0 Å². The van der Waals surface area contributed by atoms with Crippen LogP contribution in [0, 0.1) is 0 Å². The molecule has 2 amide bonds. The van der Waals surface area contributed by atoms with E-state index in [1.54, 1.807) is 32.2 Å². The van der Waals surface area contributed by atoms with Crippen molar-refractivity contribution in [1.82, 2.24) is 4.98 Å². The number of nitrogens with zero attached hydrogens (tertiary/aromatic N) is 2. The summed E-state index contributed by atoms with van der Waals surface area (Å²) in [5.41, 5.74) is 1.25. The number of halogens is 1. The summed E-state index contributed by atoms with van der Waals surface area (Å²) < 4.78 is 15.4. The minimum atomic E-state index is -1.12. The molecule has 38 heavy (non-hydrogen) atoms. The van der Waals surface area contributed by atoms with Gasteiger partial charge in [-0.05, 0) is 40.2 Å². The first-order chi connectivity index (χ1) is 17.7. The predicted octanol–water partition coefficient (Wildman–Crippen LogP) is 4.91. The summed E-state index contributed by atoms with van der Waals surface area (Å²) in [5, 5.41) is 22.1. The van der Waals surface area contributed by atoms with Gasteiger partial charge in [0, 0.05) is 24.3 Å². The Kier molecular flexibility index (Phi) is 12.8. The second-order valence-electron chi connectivity index (χ2n) is 8.69. The summed E-state index contributed by atoms with van der Waals surface area (Å²) in [5.74, 6) is -1.21. The average Bonchev–Trinajstić information content (AvgIpc) is 3.32. The molecule has 0 aliphatic carbocycles. The summed E-state index contributed by atoms with van der Waals surface area (Å²) in [7, 11) is 2.94. The largest absolute Gasteiger partial charge is 0.495 e. The van der Waals surface area contributed by atoms with Crippen LogP contribution in [-0.4, -0.2) is 65.0 Å². The van der Waals surface area contributed by atoms with E-state index in [0.29, 0.717) is 22.2 Å². The minimum Gasteiger partial charge on any atom is -0.495 e. The van der Waals surface area contributed by atoms with Gasteiger partial charge in [-0.25, -0.2) is 19.5 Å². The van der Waals surface area contributed by atoms with Gasteiger partial charge >= 0.3 is 18.0 Å². The van der Waals surface area contributed by atoms with E-state index in [1.807, 2.05) is 0 Å². The molecule has 210 valence electrons. The quantitative estimate of drug-likeness (QED) is 0.355. The van der Waals surface area contributed by atoms with Gasteiger partial charge in [-0.2, -0.15) is 0 Å². The summed E-state index contributed by atoms with van der Waals surface area (Å²) >= 11 is 7.26. The third-order valence-electron chi connectivity index (χ3n) is 4.54. The number of carbonyl (C=O) groups excluding carboxylic acids is 2. The number of nitrogens with one attached hydrogen (secondary N) is 1. The maximum absolute atomic E-state index is 12.0. The maximum Gasteiger partial charge on any atom is 0.416 e. The van der Waals surface area contributed by atoms with Crippen LogP contribution in [0.25, 0.3) is 0 Å². The molecule has 0 aliphatic heterocycles. The van der Waals surface area contributed by atoms with E-state index < -0.39 is 29.7 Å². The number of hydrogen-bond acceptors (Lipinski definition) is 9. The van der Waals surface area contributed by atoms with E-state index in [2.05, 4.69) is 10.3 Å². The van der Waals surface area contributed by atoms with Gasteiger partial charge in [-0.15, -0.1) is 11.3 Å². The van der Waals surface area contributed by atoms with Crippen LogP contribution in [0.2, 0.25) is 5.02 Å². The van der Waals surface area contributed by atoms with Crippen LogP contribution in [0.3, 0.4) is 0 Å². The Morgan fingerprint density at radius 2 is 1.74 bits per heavy atom. The second kappa shape index (κ2) is 15.0. The highest BCUT2D eigenvalue weighted by atomic mass is 35.5. The van der Waals surface area contributed by atoms with Crippen molar-refractivity contribution in [2.24, 2.45) is 0 Å². The van der Waals surface area contributed by atoms with Crippen molar-refractivity contribution in [1.29, 1.82) is 0 Å². The molecule has 0 aliphatic rings. The van der Waals surface area contributed by atoms with Crippen LogP contribution in [-0.2, 0) is 19.1 Å². The number of benzene rings is 1. The van der Waals surface area contributed by atoms with Crippen LogP contribution in [0.4, 0.5) is 16.3 Å². The van der Waals surface area contributed by atoms with Gasteiger partial charge in [-0.1, -0.05) is 11.6 Å². The van der Waals surface area contributed by atoms with Gasteiger partial charge in [0.25, 0.3) is 0 Å². The molecule has 2 aromatic rings. The van der Waals surface area contributed by atoms with E-state index in [-0.39, 0.29) is 31.0 Å². The van der Waals surface area contributed by atoms with E-state index >= 15 is 0 Å². The highest BCUT2D eigenvalue weighted by molar-refractivity contribution is 7.07. The van der Waals surface area contributed by atoms with Crippen molar-refractivity contribution in [3.63, 3.8) is 0 Å². The van der Waals surface area contributed by atoms with Gasteiger partial charge < -0.3 is 29.7 Å². The summed E-state index contributed by atoms with van der Waals surface area (Å²) in [4.78, 5) is 50.1. The molecule has 3 N–H and O–H groups in total. The number of anilines is 2. The third-order valence-corrected chi connectivity index (χ3v) is 5.41. The predicted molar refractivity (Wildman–Crippen MR) is 143 cm³/mol. The van der Waals surface area contributed by atoms with Crippen molar-refractivity contribution in [3.8, 4) is 11.5 Å². The molecule has 1 atom stereocenters. The molecule has 0 unspecified atom stereocenters. The van der Waals surface area contributed by atoms with Gasteiger partial charge in [0.05, 0.1) is 30.4 Å². The number of aliphatic carboxylic acids is 2. The third kappa shape index (κ3) is 10.8. The number of carboxylic acid groups (broad SMARTS) is 2. The molecule has 14 heteroatoms. The molecule has 0 saturated heterocycles. The first-order valence-corrected chi connectivity index (χ1v) is 12.6. The fourth-order valence-electron chi connectivity index (χ4n) is 2.77.